The normalized spacial score (nSPS) is 16.1. The molecule has 1 heterocycles. The molecule has 82 valence electrons. The maximum absolute atomic E-state index is 9.79. The zero-order chi connectivity index (χ0) is 10.6. The second kappa shape index (κ2) is 10.2. The molecule has 0 spiro atoms. The van der Waals surface area contributed by atoms with Crippen molar-refractivity contribution in [2.45, 2.75) is 26.2 Å². The molecule has 1 N–H and O–H groups in total. The molecular formula is C10H18O4. The van der Waals surface area contributed by atoms with Gasteiger partial charge in [0.15, 0.2) is 0 Å². The number of rotatable bonds is 3. The van der Waals surface area contributed by atoms with Gasteiger partial charge in [-0.25, -0.2) is 4.79 Å². The van der Waals surface area contributed by atoms with Crippen LogP contribution in [0.3, 0.4) is 0 Å². The predicted octanol–water partition coefficient (Wildman–Crippen LogP) is 1.81. The summed E-state index contributed by atoms with van der Waals surface area (Å²) in [5.41, 5.74) is 0. The number of unbranched alkanes of at least 4 members (excludes halogenated alkanes) is 1. The summed E-state index contributed by atoms with van der Waals surface area (Å²) in [6, 6.07) is 0. The largest absolute Gasteiger partial charge is 0.478 e. The molecule has 14 heavy (non-hydrogen) atoms. The van der Waals surface area contributed by atoms with Gasteiger partial charge in [0.25, 0.3) is 0 Å². The Labute approximate surface area is 84.5 Å². The predicted molar refractivity (Wildman–Crippen MR) is 53.1 cm³/mol. The van der Waals surface area contributed by atoms with Crippen molar-refractivity contribution in [2.24, 2.45) is 0 Å². The van der Waals surface area contributed by atoms with Gasteiger partial charge in [0, 0.05) is 6.08 Å². The number of ether oxygens (including phenoxy) is 2. The van der Waals surface area contributed by atoms with Crippen LogP contribution in [-0.4, -0.2) is 31.1 Å². The molecule has 0 aromatic rings. The SMILES string of the molecule is C1COCOC1.CCC/C=C/C(=O)O. The Morgan fingerprint density at radius 3 is 2.36 bits per heavy atom. The second-order valence-corrected chi connectivity index (χ2v) is 2.82. The molecule has 0 aromatic heterocycles. The van der Waals surface area contributed by atoms with E-state index in [2.05, 4.69) is 0 Å². The van der Waals surface area contributed by atoms with Gasteiger partial charge in [0.1, 0.15) is 6.79 Å². The highest BCUT2D eigenvalue weighted by Gasteiger charge is 1.94. The van der Waals surface area contributed by atoms with Crippen LogP contribution in [-0.2, 0) is 14.3 Å². The summed E-state index contributed by atoms with van der Waals surface area (Å²) in [4.78, 5) is 9.79. The third kappa shape index (κ3) is 11.1. The lowest BCUT2D eigenvalue weighted by Gasteiger charge is -2.09. The lowest BCUT2D eigenvalue weighted by molar-refractivity contribution is -0.131. The van der Waals surface area contributed by atoms with Crippen LogP contribution in [0.25, 0.3) is 0 Å². The average Bonchev–Trinajstić information content (AvgIpc) is 2.21. The molecule has 1 aliphatic heterocycles. The third-order valence-electron chi connectivity index (χ3n) is 1.46. The molecule has 0 unspecified atom stereocenters. The number of carboxylic acid groups (broad SMARTS) is 1. The van der Waals surface area contributed by atoms with Crippen LogP contribution in [0, 0.1) is 0 Å². The molecule has 0 bridgehead atoms. The van der Waals surface area contributed by atoms with Crippen LogP contribution in [0.4, 0.5) is 0 Å². The van der Waals surface area contributed by atoms with Gasteiger partial charge in [-0.15, -0.1) is 0 Å². The van der Waals surface area contributed by atoms with E-state index in [0.717, 1.165) is 32.5 Å². The Hall–Kier alpha value is -0.870. The first-order valence-corrected chi connectivity index (χ1v) is 4.82. The van der Waals surface area contributed by atoms with Crippen molar-refractivity contribution in [2.75, 3.05) is 20.0 Å². The van der Waals surface area contributed by atoms with E-state index in [0.29, 0.717) is 6.79 Å². The zero-order valence-electron chi connectivity index (χ0n) is 8.57. The molecular weight excluding hydrogens is 184 g/mol. The minimum absolute atomic E-state index is 0.500. The second-order valence-electron chi connectivity index (χ2n) is 2.82. The molecule has 0 aliphatic carbocycles. The monoisotopic (exact) mass is 202 g/mol. The van der Waals surface area contributed by atoms with Crippen molar-refractivity contribution in [1.29, 1.82) is 0 Å². The lowest BCUT2D eigenvalue weighted by atomic mass is 10.3. The number of aliphatic carboxylic acids is 1. The minimum atomic E-state index is -0.863. The van der Waals surface area contributed by atoms with Gasteiger partial charge in [-0.05, 0) is 12.8 Å². The van der Waals surface area contributed by atoms with E-state index in [-0.39, 0.29) is 0 Å². The summed E-state index contributed by atoms with van der Waals surface area (Å²) in [6.45, 7) is 4.26. The van der Waals surface area contributed by atoms with Crippen LogP contribution >= 0.6 is 0 Å². The average molecular weight is 202 g/mol. The Morgan fingerprint density at radius 1 is 1.43 bits per heavy atom. The molecule has 1 saturated heterocycles. The lowest BCUT2D eigenvalue weighted by Crippen LogP contribution is -2.11. The molecule has 0 amide bonds. The number of allylic oxidation sites excluding steroid dienone is 1. The van der Waals surface area contributed by atoms with Crippen molar-refractivity contribution in [3.8, 4) is 0 Å². The topological polar surface area (TPSA) is 55.8 Å². The number of hydrogen-bond acceptors (Lipinski definition) is 3. The van der Waals surface area contributed by atoms with E-state index < -0.39 is 5.97 Å². The van der Waals surface area contributed by atoms with E-state index >= 15 is 0 Å². The minimum Gasteiger partial charge on any atom is -0.478 e. The van der Waals surface area contributed by atoms with Gasteiger partial charge < -0.3 is 14.6 Å². The van der Waals surface area contributed by atoms with Crippen molar-refractivity contribution < 1.29 is 19.4 Å². The third-order valence-corrected chi connectivity index (χ3v) is 1.46. The maximum atomic E-state index is 9.79. The van der Waals surface area contributed by atoms with Crippen molar-refractivity contribution in [1.82, 2.24) is 0 Å². The number of carboxylic acids is 1. The molecule has 4 nitrogen and oxygen atoms in total. The van der Waals surface area contributed by atoms with Crippen LogP contribution < -0.4 is 0 Å². The summed E-state index contributed by atoms with van der Waals surface area (Å²) in [5, 5.41) is 8.05. The van der Waals surface area contributed by atoms with Gasteiger partial charge in [-0.2, -0.15) is 0 Å². The summed E-state index contributed by atoms with van der Waals surface area (Å²) >= 11 is 0. The van der Waals surface area contributed by atoms with Crippen molar-refractivity contribution in [3.63, 3.8) is 0 Å². The molecule has 0 atom stereocenters. The van der Waals surface area contributed by atoms with Crippen LogP contribution in [0.2, 0.25) is 0 Å². The van der Waals surface area contributed by atoms with Crippen LogP contribution in [0.1, 0.15) is 26.2 Å². The molecule has 1 fully saturated rings. The zero-order valence-corrected chi connectivity index (χ0v) is 8.57. The molecule has 1 rings (SSSR count). The highest BCUT2D eigenvalue weighted by molar-refractivity contribution is 5.79. The molecule has 0 saturated carbocycles. The van der Waals surface area contributed by atoms with Crippen LogP contribution in [0.15, 0.2) is 12.2 Å². The van der Waals surface area contributed by atoms with Gasteiger partial charge >= 0.3 is 5.97 Å². The van der Waals surface area contributed by atoms with Gasteiger partial charge in [0.05, 0.1) is 13.2 Å². The Kier molecular flexibility index (Phi) is 9.58. The number of carbonyl (C=O) groups is 1. The fourth-order valence-corrected chi connectivity index (χ4v) is 0.791. The molecule has 4 heteroatoms. The van der Waals surface area contributed by atoms with E-state index in [9.17, 15) is 4.79 Å². The van der Waals surface area contributed by atoms with Crippen molar-refractivity contribution in [3.05, 3.63) is 12.2 Å². The Morgan fingerprint density at radius 2 is 2.07 bits per heavy atom. The fourth-order valence-electron chi connectivity index (χ4n) is 0.791. The Balaban J connectivity index is 0.000000249. The fraction of sp³-hybridized carbons (Fsp3) is 0.700. The smallest absolute Gasteiger partial charge is 0.327 e. The number of hydrogen-bond donors (Lipinski definition) is 1. The van der Waals surface area contributed by atoms with E-state index in [1.807, 2.05) is 6.92 Å². The molecule has 1 aliphatic rings. The molecule has 0 radical (unpaired) electrons. The Bertz CT molecular complexity index is 150. The summed E-state index contributed by atoms with van der Waals surface area (Å²) in [6.07, 6.45) is 5.74. The standard InChI is InChI=1S/C6H10O2.C4H8O2/c1-2-3-4-5-6(7)8;1-2-5-4-6-3-1/h4-5H,2-3H2,1H3,(H,7,8);1-4H2/b5-4+;. The van der Waals surface area contributed by atoms with Gasteiger partial charge in [-0.1, -0.05) is 19.4 Å². The van der Waals surface area contributed by atoms with Gasteiger partial charge in [0.2, 0.25) is 0 Å². The van der Waals surface area contributed by atoms with E-state index in [1.54, 1.807) is 6.08 Å². The van der Waals surface area contributed by atoms with E-state index in [4.69, 9.17) is 14.6 Å². The summed E-state index contributed by atoms with van der Waals surface area (Å²) in [5.74, 6) is -0.863. The van der Waals surface area contributed by atoms with Crippen molar-refractivity contribution >= 4 is 5.97 Å². The first-order valence-electron chi connectivity index (χ1n) is 4.82. The highest BCUT2D eigenvalue weighted by Crippen LogP contribution is 1.91. The molecule has 0 aromatic carbocycles. The first kappa shape index (κ1) is 13.1. The summed E-state index contributed by atoms with van der Waals surface area (Å²) < 4.78 is 9.69. The maximum Gasteiger partial charge on any atom is 0.327 e. The van der Waals surface area contributed by atoms with Crippen LogP contribution in [0.5, 0.6) is 0 Å². The highest BCUT2D eigenvalue weighted by atomic mass is 16.7. The first-order chi connectivity index (χ1) is 6.77. The quantitative estimate of drug-likeness (QED) is 0.709. The van der Waals surface area contributed by atoms with E-state index in [1.165, 1.54) is 6.08 Å². The van der Waals surface area contributed by atoms with Gasteiger partial charge in [-0.3, -0.25) is 0 Å². The summed E-state index contributed by atoms with van der Waals surface area (Å²) in [7, 11) is 0.